The Bertz CT molecular complexity index is 877. The zero-order valence-corrected chi connectivity index (χ0v) is 18.3. The summed E-state index contributed by atoms with van der Waals surface area (Å²) < 4.78 is 0. The molecule has 8 heteroatoms. The van der Waals surface area contributed by atoms with Gasteiger partial charge in [-0.2, -0.15) is 0 Å². The fourth-order valence-electron chi connectivity index (χ4n) is 3.67. The Morgan fingerprint density at radius 3 is 2.73 bits per heavy atom. The number of aromatic nitrogens is 4. The fourth-order valence-corrected chi connectivity index (χ4v) is 3.67. The molecule has 30 heavy (non-hydrogen) atoms. The van der Waals surface area contributed by atoms with Crippen LogP contribution in [0.5, 0.6) is 0 Å². The zero-order chi connectivity index (χ0) is 21.5. The summed E-state index contributed by atoms with van der Waals surface area (Å²) in [6, 6.07) is 3.88. The molecule has 3 heterocycles. The third-order valence-electron chi connectivity index (χ3n) is 5.01. The molecule has 1 amide bonds. The van der Waals surface area contributed by atoms with Crippen molar-refractivity contribution in [2.45, 2.75) is 33.1 Å². The van der Waals surface area contributed by atoms with Gasteiger partial charge in [0, 0.05) is 48.9 Å². The standard InChI is InChI=1S/C22H31N7O/c1-16-11-17(2)26-22(25-16)27-20-13-19(23-15-24-20)12-18-7-5-10-29(14-18)21(30)8-6-9-28(3)4/h6,8,11,13,15,18H,5,7,9-10,12,14H2,1-4H3,(H,23,24,25,26,27)/b8-6+. The normalized spacial score (nSPS) is 17.0. The SMILES string of the molecule is Cc1cc(C)nc(Nc2cc(CC3CCCN(C(=O)/C=C/CN(C)C)C3)ncn2)n1. The maximum atomic E-state index is 12.5. The summed E-state index contributed by atoms with van der Waals surface area (Å²) in [5, 5.41) is 3.17. The highest BCUT2D eigenvalue weighted by Gasteiger charge is 2.23. The Labute approximate surface area is 178 Å². The van der Waals surface area contributed by atoms with Gasteiger partial charge in [-0.25, -0.2) is 19.9 Å². The average molecular weight is 410 g/mol. The number of carbonyl (C=O) groups is 1. The molecular weight excluding hydrogens is 378 g/mol. The quantitative estimate of drug-likeness (QED) is 0.703. The summed E-state index contributed by atoms with van der Waals surface area (Å²) in [5.41, 5.74) is 2.77. The topological polar surface area (TPSA) is 87.1 Å². The summed E-state index contributed by atoms with van der Waals surface area (Å²) in [6.07, 6.45) is 8.11. The number of carbonyl (C=O) groups excluding carboxylic acids is 1. The molecule has 0 aliphatic carbocycles. The second-order valence-electron chi connectivity index (χ2n) is 8.16. The lowest BCUT2D eigenvalue weighted by atomic mass is 9.93. The number of likely N-dealkylation sites (tertiary alicyclic amines) is 1. The summed E-state index contributed by atoms with van der Waals surface area (Å²) >= 11 is 0. The molecule has 1 unspecified atom stereocenters. The molecule has 0 radical (unpaired) electrons. The van der Waals surface area contributed by atoms with Crippen LogP contribution in [0.2, 0.25) is 0 Å². The first kappa shape index (κ1) is 21.8. The lowest BCUT2D eigenvalue weighted by molar-refractivity contribution is -0.127. The predicted octanol–water partition coefficient (Wildman–Crippen LogP) is 2.53. The van der Waals surface area contributed by atoms with Crippen LogP contribution < -0.4 is 5.32 Å². The lowest BCUT2D eigenvalue weighted by Gasteiger charge is -2.32. The van der Waals surface area contributed by atoms with Crippen LogP contribution in [0.3, 0.4) is 0 Å². The number of rotatable bonds is 7. The number of nitrogens with zero attached hydrogens (tertiary/aromatic N) is 6. The zero-order valence-electron chi connectivity index (χ0n) is 18.3. The van der Waals surface area contributed by atoms with E-state index in [1.165, 1.54) is 0 Å². The number of likely N-dealkylation sites (N-methyl/N-ethyl adjacent to an activating group) is 1. The average Bonchev–Trinajstić information content (AvgIpc) is 2.67. The minimum Gasteiger partial charge on any atom is -0.339 e. The monoisotopic (exact) mass is 409 g/mol. The van der Waals surface area contributed by atoms with Crippen LogP contribution >= 0.6 is 0 Å². The van der Waals surface area contributed by atoms with Gasteiger partial charge in [0.05, 0.1) is 0 Å². The molecule has 8 nitrogen and oxygen atoms in total. The van der Waals surface area contributed by atoms with Crippen molar-refractivity contribution < 1.29 is 4.79 Å². The molecule has 2 aromatic rings. The second kappa shape index (κ2) is 10.2. The Kier molecular flexibility index (Phi) is 7.46. The number of hydrogen-bond acceptors (Lipinski definition) is 7. The van der Waals surface area contributed by atoms with E-state index in [2.05, 4.69) is 25.3 Å². The molecule has 1 atom stereocenters. The molecule has 1 aliphatic rings. The van der Waals surface area contributed by atoms with Gasteiger partial charge >= 0.3 is 0 Å². The first-order valence-electron chi connectivity index (χ1n) is 10.4. The molecule has 0 saturated carbocycles. The molecule has 3 rings (SSSR count). The number of anilines is 2. The largest absolute Gasteiger partial charge is 0.339 e. The van der Waals surface area contributed by atoms with Crippen LogP contribution in [0.25, 0.3) is 0 Å². The Hall–Kier alpha value is -2.87. The third kappa shape index (κ3) is 6.59. The van der Waals surface area contributed by atoms with Crippen molar-refractivity contribution in [1.29, 1.82) is 0 Å². The van der Waals surface area contributed by atoms with Crippen molar-refractivity contribution in [2.24, 2.45) is 5.92 Å². The van der Waals surface area contributed by atoms with Gasteiger partial charge in [0.1, 0.15) is 12.1 Å². The van der Waals surface area contributed by atoms with Crippen molar-refractivity contribution in [3.63, 3.8) is 0 Å². The number of hydrogen-bond donors (Lipinski definition) is 1. The summed E-state index contributed by atoms with van der Waals surface area (Å²) in [4.78, 5) is 34.0. The number of amides is 1. The Morgan fingerprint density at radius 1 is 1.23 bits per heavy atom. The molecule has 1 fully saturated rings. The van der Waals surface area contributed by atoms with E-state index in [0.717, 1.165) is 56.0 Å². The van der Waals surface area contributed by atoms with Gasteiger partial charge in [-0.1, -0.05) is 6.08 Å². The molecular formula is C22H31N7O. The van der Waals surface area contributed by atoms with Crippen molar-refractivity contribution in [3.05, 3.63) is 47.7 Å². The van der Waals surface area contributed by atoms with E-state index in [1.807, 2.05) is 56.0 Å². The van der Waals surface area contributed by atoms with E-state index in [9.17, 15) is 4.79 Å². The van der Waals surface area contributed by atoms with E-state index < -0.39 is 0 Å². The number of nitrogens with one attached hydrogen (secondary N) is 1. The molecule has 1 saturated heterocycles. The van der Waals surface area contributed by atoms with Gasteiger partial charge in [0.2, 0.25) is 11.9 Å². The van der Waals surface area contributed by atoms with Gasteiger partial charge < -0.3 is 15.1 Å². The first-order chi connectivity index (χ1) is 14.4. The summed E-state index contributed by atoms with van der Waals surface area (Å²) in [6.45, 7) is 6.23. The number of piperidine rings is 1. The van der Waals surface area contributed by atoms with E-state index in [-0.39, 0.29) is 5.91 Å². The maximum absolute atomic E-state index is 12.5. The van der Waals surface area contributed by atoms with E-state index >= 15 is 0 Å². The lowest BCUT2D eigenvalue weighted by Crippen LogP contribution is -2.39. The summed E-state index contributed by atoms with van der Waals surface area (Å²) in [5.74, 6) is 1.71. The van der Waals surface area contributed by atoms with Gasteiger partial charge in [-0.15, -0.1) is 0 Å². The van der Waals surface area contributed by atoms with Crippen LogP contribution in [-0.4, -0.2) is 69.4 Å². The molecule has 160 valence electrons. The second-order valence-corrected chi connectivity index (χ2v) is 8.16. The van der Waals surface area contributed by atoms with Crippen LogP contribution in [0, 0.1) is 19.8 Å². The van der Waals surface area contributed by atoms with E-state index in [1.54, 1.807) is 12.4 Å². The van der Waals surface area contributed by atoms with Gasteiger partial charge in [0.25, 0.3) is 0 Å². The van der Waals surface area contributed by atoms with Crippen LogP contribution in [0.1, 0.15) is 29.9 Å². The first-order valence-corrected chi connectivity index (χ1v) is 10.4. The third-order valence-corrected chi connectivity index (χ3v) is 5.01. The minimum atomic E-state index is 0.0959. The highest BCUT2D eigenvalue weighted by Crippen LogP contribution is 2.21. The molecule has 0 bridgehead atoms. The molecule has 1 aliphatic heterocycles. The molecule has 2 aromatic heterocycles. The minimum absolute atomic E-state index is 0.0959. The Morgan fingerprint density at radius 2 is 2.00 bits per heavy atom. The van der Waals surface area contributed by atoms with Crippen LogP contribution in [-0.2, 0) is 11.2 Å². The van der Waals surface area contributed by atoms with E-state index in [0.29, 0.717) is 17.7 Å². The van der Waals surface area contributed by atoms with Crippen LogP contribution in [0.15, 0.2) is 30.6 Å². The smallest absolute Gasteiger partial charge is 0.246 e. The predicted molar refractivity (Wildman–Crippen MR) is 118 cm³/mol. The van der Waals surface area contributed by atoms with Gasteiger partial charge in [-0.05, 0) is 59.2 Å². The number of aryl methyl sites for hydroxylation is 2. The Balaban J connectivity index is 1.60. The van der Waals surface area contributed by atoms with E-state index in [4.69, 9.17) is 0 Å². The molecule has 1 N–H and O–H groups in total. The highest BCUT2D eigenvalue weighted by atomic mass is 16.2. The maximum Gasteiger partial charge on any atom is 0.246 e. The van der Waals surface area contributed by atoms with Gasteiger partial charge in [-0.3, -0.25) is 4.79 Å². The van der Waals surface area contributed by atoms with Gasteiger partial charge in [0.15, 0.2) is 0 Å². The van der Waals surface area contributed by atoms with Crippen molar-refractivity contribution in [3.8, 4) is 0 Å². The highest BCUT2D eigenvalue weighted by molar-refractivity contribution is 5.87. The molecule has 0 spiro atoms. The summed E-state index contributed by atoms with van der Waals surface area (Å²) in [7, 11) is 3.98. The fraction of sp³-hybridized carbons (Fsp3) is 0.500. The van der Waals surface area contributed by atoms with Crippen LogP contribution in [0.4, 0.5) is 11.8 Å². The van der Waals surface area contributed by atoms with Crippen molar-refractivity contribution in [2.75, 3.05) is 39.0 Å². The van der Waals surface area contributed by atoms with Crippen molar-refractivity contribution >= 4 is 17.7 Å². The van der Waals surface area contributed by atoms with Crippen molar-refractivity contribution in [1.82, 2.24) is 29.7 Å². The molecule has 0 aromatic carbocycles.